The molecule has 0 aliphatic heterocycles. The number of benzene rings is 1. The normalized spacial score (nSPS) is 29.9. The molecule has 4 rings (SSSR count). The molecule has 170 valence electrons. The fraction of sp³-hybridized carbons (Fsp3) is 0.571. The molecule has 0 amide bonds. The van der Waals surface area contributed by atoms with Gasteiger partial charge in [-0.25, -0.2) is 4.79 Å². The highest BCUT2D eigenvalue weighted by Crippen LogP contribution is 2.61. The summed E-state index contributed by atoms with van der Waals surface area (Å²) in [4.78, 5) is 10.7. The Balaban J connectivity index is 1.54. The van der Waals surface area contributed by atoms with E-state index in [0.29, 0.717) is 25.0 Å². The van der Waals surface area contributed by atoms with Gasteiger partial charge in [0.25, 0.3) is 0 Å². The van der Waals surface area contributed by atoms with Crippen molar-refractivity contribution in [2.45, 2.75) is 50.5 Å². The molecule has 1 fully saturated rings. The first-order valence-corrected chi connectivity index (χ1v) is 11.5. The molecule has 0 saturated heterocycles. The molecule has 0 spiro atoms. The van der Waals surface area contributed by atoms with E-state index >= 15 is 0 Å². The van der Waals surface area contributed by atoms with Gasteiger partial charge in [-0.3, -0.25) is 0 Å². The van der Waals surface area contributed by atoms with Gasteiger partial charge in [0, 0.05) is 5.41 Å². The van der Waals surface area contributed by atoms with E-state index in [1.54, 1.807) is 13.0 Å². The highest BCUT2D eigenvalue weighted by molar-refractivity contribution is 7.87. The van der Waals surface area contributed by atoms with Crippen LogP contribution in [0.1, 0.15) is 49.7 Å². The van der Waals surface area contributed by atoms with Gasteiger partial charge in [-0.1, -0.05) is 13.0 Å². The maximum Gasteiger partial charge on any atom is 0.534 e. The zero-order valence-corrected chi connectivity index (χ0v) is 17.6. The van der Waals surface area contributed by atoms with Crippen LogP contribution in [0.5, 0.6) is 5.75 Å². The molecule has 1 aromatic carbocycles. The van der Waals surface area contributed by atoms with Gasteiger partial charge in [0.2, 0.25) is 0 Å². The number of alkyl halides is 3. The minimum atomic E-state index is -5.69. The average Bonchev–Trinajstić information content (AvgIpc) is 3.01. The number of hydrogen-bond acceptors (Lipinski definition) is 5. The van der Waals surface area contributed by atoms with Crippen molar-refractivity contribution in [2.75, 3.05) is 6.61 Å². The molecular formula is C21H23F3O6S. The fourth-order valence-electron chi connectivity index (χ4n) is 5.62. The van der Waals surface area contributed by atoms with Crippen LogP contribution in [-0.2, 0) is 25.5 Å². The lowest BCUT2D eigenvalue weighted by Crippen LogP contribution is -2.42. The minimum Gasteiger partial charge on any atom is -0.482 e. The summed E-state index contributed by atoms with van der Waals surface area (Å²) in [7, 11) is -5.69. The SMILES string of the molecule is C[C@]12CC[C@@H]3c4ccc(OCC(=O)O)cc4CC[C@H]3[C@@H]1CC=C2OS(=O)(=O)C(F)(F)F. The van der Waals surface area contributed by atoms with E-state index in [2.05, 4.69) is 4.18 Å². The number of carbonyl (C=O) groups is 1. The van der Waals surface area contributed by atoms with Crippen LogP contribution >= 0.6 is 0 Å². The quantitative estimate of drug-likeness (QED) is 0.519. The maximum atomic E-state index is 12.8. The summed E-state index contributed by atoms with van der Waals surface area (Å²) in [5.74, 6) is -0.234. The summed E-state index contributed by atoms with van der Waals surface area (Å²) in [6.45, 7) is 1.39. The Kier molecular flexibility index (Phi) is 5.27. The first-order valence-electron chi connectivity index (χ1n) is 10.1. The number of aliphatic carboxylic acids is 1. The Morgan fingerprint density at radius 1 is 1.29 bits per heavy atom. The molecule has 6 nitrogen and oxygen atoms in total. The smallest absolute Gasteiger partial charge is 0.482 e. The lowest BCUT2D eigenvalue weighted by molar-refractivity contribution is -0.139. The topological polar surface area (TPSA) is 89.9 Å². The number of aryl methyl sites for hydroxylation is 1. The summed E-state index contributed by atoms with van der Waals surface area (Å²) in [5, 5.41) is 8.78. The molecule has 4 atom stereocenters. The van der Waals surface area contributed by atoms with Crippen molar-refractivity contribution in [1.29, 1.82) is 0 Å². The predicted molar refractivity (Wildman–Crippen MR) is 104 cm³/mol. The van der Waals surface area contributed by atoms with Gasteiger partial charge in [-0.15, -0.1) is 0 Å². The van der Waals surface area contributed by atoms with Crippen LogP contribution < -0.4 is 4.74 Å². The van der Waals surface area contributed by atoms with Gasteiger partial charge in [-0.05, 0) is 79.2 Å². The Bertz CT molecular complexity index is 1030. The first kappa shape index (κ1) is 22.0. The highest BCUT2D eigenvalue weighted by atomic mass is 32.2. The molecule has 10 heteroatoms. The van der Waals surface area contributed by atoms with Crippen molar-refractivity contribution in [3.63, 3.8) is 0 Å². The van der Waals surface area contributed by atoms with Crippen molar-refractivity contribution in [2.24, 2.45) is 17.3 Å². The third-order valence-electron chi connectivity index (χ3n) is 7.05. The lowest BCUT2D eigenvalue weighted by Gasteiger charge is -2.49. The number of rotatable bonds is 5. The maximum absolute atomic E-state index is 12.8. The van der Waals surface area contributed by atoms with Crippen LogP contribution in [0.4, 0.5) is 13.2 Å². The van der Waals surface area contributed by atoms with Crippen molar-refractivity contribution in [1.82, 2.24) is 0 Å². The predicted octanol–water partition coefficient (Wildman–Crippen LogP) is 4.37. The monoisotopic (exact) mass is 460 g/mol. The van der Waals surface area contributed by atoms with Gasteiger partial charge in [0.05, 0.1) is 0 Å². The summed E-state index contributed by atoms with van der Waals surface area (Å²) < 4.78 is 71.4. The second kappa shape index (κ2) is 7.43. The van der Waals surface area contributed by atoms with Crippen LogP contribution in [0.25, 0.3) is 0 Å². The van der Waals surface area contributed by atoms with E-state index in [4.69, 9.17) is 9.84 Å². The molecule has 0 heterocycles. The Labute approximate surface area is 178 Å². The van der Waals surface area contributed by atoms with Crippen LogP contribution in [0, 0.1) is 17.3 Å². The van der Waals surface area contributed by atoms with Gasteiger partial charge >= 0.3 is 21.6 Å². The Morgan fingerprint density at radius 3 is 2.71 bits per heavy atom. The second-order valence-corrected chi connectivity index (χ2v) is 10.2. The van der Waals surface area contributed by atoms with Crippen molar-refractivity contribution < 1.29 is 40.4 Å². The zero-order valence-electron chi connectivity index (χ0n) is 16.8. The van der Waals surface area contributed by atoms with Crippen LogP contribution in [0.2, 0.25) is 0 Å². The van der Waals surface area contributed by atoms with Gasteiger partial charge in [0.15, 0.2) is 6.61 Å². The number of carboxylic acids is 1. The minimum absolute atomic E-state index is 0.000714. The molecule has 0 aromatic heterocycles. The fourth-order valence-corrected chi connectivity index (χ4v) is 6.21. The Hall–Kier alpha value is -2.23. The molecule has 0 radical (unpaired) electrons. The van der Waals surface area contributed by atoms with E-state index in [9.17, 15) is 26.4 Å². The van der Waals surface area contributed by atoms with E-state index < -0.39 is 33.6 Å². The van der Waals surface area contributed by atoms with Crippen molar-refractivity contribution in [3.05, 3.63) is 41.2 Å². The van der Waals surface area contributed by atoms with Crippen LogP contribution in [0.3, 0.4) is 0 Å². The molecule has 1 N–H and O–H groups in total. The number of ether oxygens (including phenoxy) is 1. The molecule has 3 aliphatic carbocycles. The summed E-state index contributed by atoms with van der Waals surface area (Å²) in [5.41, 5.74) is -3.96. The molecule has 3 aliphatic rings. The van der Waals surface area contributed by atoms with Crippen LogP contribution in [-0.4, -0.2) is 31.6 Å². The number of halogens is 3. The lowest BCUT2D eigenvalue weighted by atomic mass is 9.55. The van der Waals surface area contributed by atoms with Gasteiger partial charge in [0.1, 0.15) is 11.5 Å². The van der Waals surface area contributed by atoms with Crippen LogP contribution in [0.15, 0.2) is 30.0 Å². The molecule has 0 bridgehead atoms. The molecule has 1 aromatic rings. The first-order chi connectivity index (χ1) is 14.4. The van der Waals surface area contributed by atoms with Crippen molar-refractivity contribution in [3.8, 4) is 5.75 Å². The largest absolute Gasteiger partial charge is 0.534 e. The Morgan fingerprint density at radius 2 is 2.03 bits per heavy atom. The third-order valence-corrected chi connectivity index (χ3v) is 8.02. The number of allylic oxidation sites excluding steroid dienone is 2. The van der Waals surface area contributed by atoms with E-state index in [-0.39, 0.29) is 23.5 Å². The number of hydrogen-bond donors (Lipinski definition) is 1. The highest BCUT2D eigenvalue weighted by Gasteiger charge is 2.56. The molecule has 31 heavy (non-hydrogen) atoms. The van der Waals surface area contributed by atoms with E-state index in [1.807, 2.05) is 12.1 Å². The summed E-state index contributed by atoms with van der Waals surface area (Å²) in [6.07, 6.45) is 4.77. The van der Waals surface area contributed by atoms with Gasteiger partial charge in [-0.2, -0.15) is 21.6 Å². The standard InChI is InChI=1S/C21H23F3O6S/c1-20-9-8-15-14-5-3-13(29-11-19(25)26)10-12(14)2-4-16(15)17(20)6-7-18(20)30-31(27,28)21(22,23)24/h3,5,7,10,15-17H,2,4,6,8-9,11H2,1H3,(H,25,26)/t15-,16-,17+,20+/m1/s1. The third kappa shape index (κ3) is 3.79. The molecule has 1 saturated carbocycles. The van der Waals surface area contributed by atoms with Crippen molar-refractivity contribution >= 4 is 16.1 Å². The number of fused-ring (bicyclic) bond motifs is 5. The average molecular weight is 460 g/mol. The van der Waals surface area contributed by atoms with E-state index in [0.717, 1.165) is 24.0 Å². The summed E-state index contributed by atoms with van der Waals surface area (Å²) in [6, 6.07) is 5.55. The number of carboxylic acid groups (broad SMARTS) is 1. The molecule has 0 unspecified atom stereocenters. The summed E-state index contributed by atoms with van der Waals surface area (Å²) >= 11 is 0. The molecular weight excluding hydrogens is 437 g/mol. The second-order valence-electron chi connectivity index (χ2n) is 8.70. The van der Waals surface area contributed by atoms with Gasteiger partial charge < -0.3 is 14.0 Å². The van der Waals surface area contributed by atoms with E-state index in [1.165, 1.54) is 6.08 Å². The zero-order chi connectivity index (χ0) is 22.6.